The summed E-state index contributed by atoms with van der Waals surface area (Å²) in [4.78, 5) is 14.3. The van der Waals surface area contributed by atoms with Gasteiger partial charge in [-0.3, -0.25) is 4.79 Å². The van der Waals surface area contributed by atoms with Crippen molar-refractivity contribution in [3.63, 3.8) is 0 Å². The summed E-state index contributed by atoms with van der Waals surface area (Å²) in [5.74, 6) is 0.0234. The van der Waals surface area contributed by atoms with Crippen molar-refractivity contribution in [3.05, 3.63) is 0 Å². The molecule has 1 aliphatic rings. The number of hydrogen-bond acceptors (Lipinski definition) is 4. The maximum atomic E-state index is 11.9. The topological polar surface area (TPSA) is 49.8 Å². The van der Waals surface area contributed by atoms with Gasteiger partial charge in [-0.15, -0.1) is 0 Å². The van der Waals surface area contributed by atoms with Gasteiger partial charge in [0.25, 0.3) is 0 Å². The van der Waals surface area contributed by atoms with Crippen molar-refractivity contribution in [1.29, 1.82) is 0 Å². The Kier molecular flexibility index (Phi) is 5.81. The zero-order valence-electron chi connectivity index (χ0n) is 13.0. The number of carbonyl (C=O) groups is 1. The molecule has 1 aliphatic heterocycles. The van der Waals surface area contributed by atoms with Gasteiger partial charge in [-0.1, -0.05) is 27.7 Å². The SMILES string of the molecule is COC(=O)C(C(C)C)C1(O)CCN(CC(C)C)CC1. The highest BCUT2D eigenvalue weighted by molar-refractivity contribution is 5.74. The van der Waals surface area contributed by atoms with Crippen LogP contribution in [0, 0.1) is 17.8 Å². The molecule has 1 N–H and O–H groups in total. The van der Waals surface area contributed by atoms with Gasteiger partial charge in [0, 0.05) is 19.6 Å². The van der Waals surface area contributed by atoms with Crippen LogP contribution in [0.25, 0.3) is 0 Å². The summed E-state index contributed by atoms with van der Waals surface area (Å²) in [7, 11) is 1.40. The van der Waals surface area contributed by atoms with Gasteiger partial charge >= 0.3 is 5.97 Å². The van der Waals surface area contributed by atoms with Gasteiger partial charge in [-0.25, -0.2) is 0 Å². The average Bonchev–Trinajstić information content (AvgIpc) is 2.31. The van der Waals surface area contributed by atoms with Crippen molar-refractivity contribution >= 4 is 5.97 Å². The lowest BCUT2D eigenvalue weighted by Gasteiger charge is -2.43. The van der Waals surface area contributed by atoms with E-state index < -0.39 is 11.5 Å². The summed E-state index contributed by atoms with van der Waals surface area (Å²) in [6.07, 6.45) is 1.30. The van der Waals surface area contributed by atoms with E-state index in [-0.39, 0.29) is 11.9 Å². The van der Waals surface area contributed by atoms with E-state index >= 15 is 0 Å². The van der Waals surface area contributed by atoms with Crippen molar-refractivity contribution in [1.82, 2.24) is 4.90 Å². The summed E-state index contributed by atoms with van der Waals surface area (Å²) in [6.45, 7) is 11.1. The fourth-order valence-electron chi connectivity index (χ4n) is 3.19. The molecular weight excluding hydrogens is 242 g/mol. The van der Waals surface area contributed by atoms with Gasteiger partial charge in [-0.2, -0.15) is 0 Å². The van der Waals surface area contributed by atoms with Crippen molar-refractivity contribution < 1.29 is 14.6 Å². The summed E-state index contributed by atoms with van der Waals surface area (Å²) in [6, 6.07) is 0. The van der Waals surface area contributed by atoms with E-state index in [0.717, 1.165) is 19.6 Å². The molecule has 1 fully saturated rings. The number of ether oxygens (including phenoxy) is 1. The number of nitrogens with zero attached hydrogens (tertiary/aromatic N) is 1. The quantitative estimate of drug-likeness (QED) is 0.776. The Labute approximate surface area is 117 Å². The highest BCUT2D eigenvalue weighted by Crippen LogP contribution is 2.35. The van der Waals surface area contributed by atoms with Gasteiger partial charge in [0.15, 0.2) is 0 Å². The van der Waals surface area contributed by atoms with E-state index in [2.05, 4.69) is 18.7 Å². The minimum Gasteiger partial charge on any atom is -0.469 e. The standard InChI is InChI=1S/C15H29NO3/c1-11(2)10-16-8-6-15(18,7-9-16)13(12(3)4)14(17)19-5/h11-13,18H,6-10H2,1-5H3. The molecule has 4 nitrogen and oxygen atoms in total. The second-order valence-electron chi connectivity index (χ2n) is 6.54. The van der Waals surface area contributed by atoms with Crippen LogP contribution >= 0.6 is 0 Å². The van der Waals surface area contributed by atoms with Crippen LogP contribution in [0.1, 0.15) is 40.5 Å². The molecule has 1 atom stereocenters. The number of hydrogen-bond donors (Lipinski definition) is 1. The maximum absolute atomic E-state index is 11.9. The third kappa shape index (κ3) is 4.18. The first-order chi connectivity index (χ1) is 8.80. The fourth-order valence-corrected chi connectivity index (χ4v) is 3.19. The summed E-state index contributed by atoms with van der Waals surface area (Å²) in [5, 5.41) is 10.8. The summed E-state index contributed by atoms with van der Waals surface area (Å²) >= 11 is 0. The number of esters is 1. The third-order valence-electron chi connectivity index (χ3n) is 4.05. The van der Waals surface area contributed by atoms with Crippen LogP contribution in [0.15, 0.2) is 0 Å². The molecule has 0 spiro atoms. The van der Waals surface area contributed by atoms with E-state index in [4.69, 9.17) is 4.74 Å². The highest BCUT2D eigenvalue weighted by atomic mass is 16.5. The Morgan fingerprint density at radius 3 is 2.16 bits per heavy atom. The Bertz CT molecular complexity index is 294. The number of rotatable bonds is 5. The van der Waals surface area contributed by atoms with Gasteiger partial charge in [0.2, 0.25) is 0 Å². The minimum atomic E-state index is -0.908. The van der Waals surface area contributed by atoms with E-state index in [1.807, 2.05) is 13.8 Å². The lowest BCUT2D eigenvalue weighted by molar-refractivity contribution is -0.164. The Balaban J connectivity index is 2.69. The lowest BCUT2D eigenvalue weighted by Crippen LogP contribution is -2.53. The molecule has 112 valence electrons. The average molecular weight is 271 g/mol. The second-order valence-corrected chi connectivity index (χ2v) is 6.54. The number of aliphatic hydroxyl groups is 1. The number of piperidine rings is 1. The second kappa shape index (κ2) is 6.71. The van der Waals surface area contributed by atoms with Gasteiger partial charge in [0.05, 0.1) is 18.6 Å². The van der Waals surface area contributed by atoms with Crippen molar-refractivity contribution in [3.8, 4) is 0 Å². The monoisotopic (exact) mass is 271 g/mol. The zero-order chi connectivity index (χ0) is 14.6. The van der Waals surface area contributed by atoms with Crippen LogP contribution in [0.4, 0.5) is 0 Å². The van der Waals surface area contributed by atoms with Crippen molar-refractivity contribution in [2.24, 2.45) is 17.8 Å². The van der Waals surface area contributed by atoms with Gasteiger partial charge < -0.3 is 14.7 Å². The normalized spacial score (nSPS) is 21.7. The number of likely N-dealkylation sites (tertiary alicyclic amines) is 1. The first kappa shape index (κ1) is 16.4. The van der Waals surface area contributed by atoms with E-state index in [1.165, 1.54) is 7.11 Å². The highest BCUT2D eigenvalue weighted by Gasteiger charge is 2.45. The molecule has 1 unspecified atom stereocenters. The van der Waals surface area contributed by atoms with E-state index in [1.54, 1.807) is 0 Å². The molecule has 0 aliphatic carbocycles. The first-order valence-electron chi connectivity index (χ1n) is 7.32. The van der Waals surface area contributed by atoms with Gasteiger partial charge in [-0.05, 0) is 24.7 Å². The van der Waals surface area contributed by atoms with Gasteiger partial charge in [0.1, 0.15) is 0 Å². The number of carbonyl (C=O) groups excluding carboxylic acids is 1. The van der Waals surface area contributed by atoms with Crippen LogP contribution in [-0.4, -0.2) is 48.3 Å². The molecule has 0 aromatic carbocycles. The molecule has 0 radical (unpaired) electrons. The summed E-state index contributed by atoms with van der Waals surface area (Å²) < 4.78 is 4.87. The number of methoxy groups -OCH3 is 1. The predicted molar refractivity (Wildman–Crippen MR) is 75.8 cm³/mol. The molecule has 0 aromatic heterocycles. The van der Waals surface area contributed by atoms with Crippen LogP contribution in [0.2, 0.25) is 0 Å². The minimum absolute atomic E-state index is 0.0918. The molecule has 19 heavy (non-hydrogen) atoms. The van der Waals surface area contributed by atoms with Crippen LogP contribution in [0.5, 0.6) is 0 Å². The Hall–Kier alpha value is -0.610. The molecule has 0 aromatic rings. The van der Waals surface area contributed by atoms with Crippen molar-refractivity contribution in [2.45, 2.75) is 46.1 Å². The van der Waals surface area contributed by atoms with Crippen LogP contribution in [0.3, 0.4) is 0 Å². The molecule has 0 amide bonds. The maximum Gasteiger partial charge on any atom is 0.311 e. The molecule has 1 rings (SSSR count). The third-order valence-corrected chi connectivity index (χ3v) is 4.05. The Morgan fingerprint density at radius 1 is 1.26 bits per heavy atom. The Morgan fingerprint density at radius 2 is 1.79 bits per heavy atom. The molecule has 1 saturated heterocycles. The predicted octanol–water partition coefficient (Wildman–Crippen LogP) is 1.91. The fraction of sp³-hybridized carbons (Fsp3) is 0.933. The smallest absolute Gasteiger partial charge is 0.311 e. The van der Waals surface area contributed by atoms with Crippen LogP contribution < -0.4 is 0 Å². The first-order valence-corrected chi connectivity index (χ1v) is 7.32. The molecule has 1 heterocycles. The lowest BCUT2D eigenvalue weighted by atomic mass is 9.74. The van der Waals surface area contributed by atoms with Crippen molar-refractivity contribution in [2.75, 3.05) is 26.7 Å². The van der Waals surface area contributed by atoms with E-state index in [9.17, 15) is 9.90 Å². The molecular formula is C15H29NO3. The zero-order valence-corrected chi connectivity index (χ0v) is 13.0. The largest absolute Gasteiger partial charge is 0.469 e. The van der Waals surface area contributed by atoms with E-state index in [0.29, 0.717) is 18.8 Å². The summed E-state index contributed by atoms with van der Waals surface area (Å²) in [5.41, 5.74) is -0.908. The molecule has 4 heteroatoms. The molecule has 0 bridgehead atoms. The molecule has 0 saturated carbocycles. The van der Waals surface area contributed by atoms with Crippen LogP contribution in [-0.2, 0) is 9.53 Å².